The first kappa shape index (κ1) is 18.5. The number of ether oxygens (including phenoxy) is 1. The van der Waals surface area contributed by atoms with Crippen LogP contribution in [-0.2, 0) is 11.3 Å². The number of benzene rings is 2. The molecule has 1 aromatic heterocycles. The molecule has 1 aliphatic rings. The number of tetrazole rings is 1. The van der Waals surface area contributed by atoms with E-state index in [0.717, 1.165) is 31.6 Å². The minimum atomic E-state index is -0.677. The van der Waals surface area contributed by atoms with Crippen molar-refractivity contribution in [3.05, 3.63) is 70.0 Å². The van der Waals surface area contributed by atoms with Crippen LogP contribution in [0.3, 0.4) is 0 Å². The zero-order chi connectivity index (χ0) is 20.2. The van der Waals surface area contributed by atoms with Gasteiger partial charge in [0.2, 0.25) is 0 Å². The molecule has 3 aromatic rings. The Morgan fingerprint density at radius 2 is 1.90 bits per heavy atom. The number of carbonyl (C=O) groups excluding carboxylic acids is 1. The SMILES string of the molecule is O=C(OCc1nnnn1-c1ccccc1)c1ccc(N2CCCC2)c([N+](=O)[O-])c1. The standard InChI is InChI=1S/C19H18N6O4/c26-19(29-13-18-20-21-22-24(18)15-6-2-1-3-7-15)14-8-9-16(17(12-14)25(27)28)23-10-4-5-11-23/h1-3,6-9,12H,4-5,10-11,13H2. The van der Waals surface area contributed by atoms with Gasteiger partial charge in [0.05, 0.1) is 16.2 Å². The molecule has 10 nitrogen and oxygen atoms in total. The van der Waals surface area contributed by atoms with Crippen LogP contribution in [0.5, 0.6) is 0 Å². The molecule has 10 heteroatoms. The summed E-state index contributed by atoms with van der Waals surface area (Å²) in [7, 11) is 0. The van der Waals surface area contributed by atoms with E-state index in [1.54, 1.807) is 12.1 Å². The molecule has 1 saturated heterocycles. The summed E-state index contributed by atoms with van der Waals surface area (Å²) in [6.07, 6.45) is 1.99. The monoisotopic (exact) mass is 394 g/mol. The number of hydrogen-bond acceptors (Lipinski definition) is 8. The zero-order valence-corrected chi connectivity index (χ0v) is 15.5. The smallest absolute Gasteiger partial charge is 0.338 e. The number of para-hydroxylation sites is 1. The van der Waals surface area contributed by atoms with Crippen molar-refractivity contribution in [1.82, 2.24) is 20.2 Å². The molecule has 0 atom stereocenters. The van der Waals surface area contributed by atoms with Gasteiger partial charge in [-0.2, -0.15) is 4.68 Å². The number of esters is 1. The van der Waals surface area contributed by atoms with E-state index in [-0.39, 0.29) is 17.9 Å². The van der Waals surface area contributed by atoms with Crippen LogP contribution in [0.2, 0.25) is 0 Å². The first-order valence-electron chi connectivity index (χ1n) is 9.16. The van der Waals surface area contributed by atoms with Gasteiger partial charge < -0.3 is 9.64 Å². The Morgan fingerprint density at radius 3 is 2.62 bits per heavy atom. The highest BCUT2D eigenvalue weighted by molar-refractivity contribution is 5.91. The lowest BCUT2D eigenvalue weighted by molar-refractivity contribution is -0.384. The van der Waals surface area contributed by atoms with Crippen LogP contribution in [0.15, 0.2) is 48.5 Å². The van der Waals surface area contributed by atoms with Crippen molar-refractivity contribution < 1.29 is 14.5 Å². The highest BCUT2D eigenvalue weighted by atomic mass is 16.6. The molecular formula is C19H18N6O4. The second-order valence-electron chi connectivity index (χ2n) is 6.57. The summed E-state index contributed by atoms with van der Waals surface area (Å²) in [5.74, 6) is -0.337. The van der Waals surface area contributed by atoms with E-state index < -0.39 is 10.9 Å². The minimum Gasteiger partial charge on any atom is -0.454 e. The van der Waals surface area contributed by atoms with E-state index in [1.807, 2.05) is 35.2 Å². The maximum atomic E-state index is 12.5. The molecular weight excluding hydrogens is 376 g/mol. The Labute approximate surface area is 165 Å². The third-order valence-electron chi connectivity index (χ3n) is 4.72. The maximum absolute atomic E-state index is 12.5. The Morgan fingerprint density at radius 1 is 1.14 bits per heavy atom. The summed E-state index contributed by atoms with van der Waals surface area (Å²) < 4.78 is 6.76. The molecule has 2 heterocycles. The summed E-state index contributed by atoms with van der Waals surface area (Å²) in [4.78, 5) is 25.4. The molecule has 0 amide bonds. The third kappa shape index (κ3) is 3.91. The van der Waals surface area contributed by atoms with E-state index in [1.165, 1.54) is 10.7 Å². The van der Waals surface area contributed by atoms with Gasteiger partial charge in [-0.25, -0.2) is 4.79 Å². The van der Waals surface area contributed by atoms with Crippen LogP contribution in [0.4, 0.5) is 11.4 Å². The van der Waals surface area contributed by atoms with E-state index in [0.29, 0.717) is 11.5 Å². The van der Waals surface area contributed by atoms with Gasteiger partial charge in [0.1, 0.15) is 5.69 Å². The molecule has 1 aliphatic heterocycles. The number of rotatable bonds is 6. The van der Waals surface area contributed by atoms with Crippen molar-refractivity contribution in [2.75, 3.05) is 18.0 Å². The molecule has 0 radical (unpaired) electrons. The van der Waals surface area contributed by atoms with Gasteiger partial charge in [0.15, 0.2) is 12.4 Å². The van der Waals surface area contributed by atoms with E-state index in [4.69, 9.17) is 4.74 Å². The first-order chi connectivity index (χ1) is 14.1. The lowest BCUT2D eigenvalue weighted by Crippen LogP contribution is -2.19. The zero-order valence-electron chi connectivity index (χ0n) is 15.5. The Balaban J connectivity index is 1.50. The number of aromatic nitrogens is 4. The first-order valence-corrected chi connectivity index (χ1v) is 9.16. The summed E-state index contributed by atoms with van der Waals surface area (Å²) in [6.45, 7) is 1.38. The average molecular weight is 394 g/mol. The van der Waals surface area contributed by atoms with Crippen LogP contribution < -0.4 is 4.90 Å². The third-order valence-corrected chi connectivity index (χ3v) is 4.72. The fourth-order valence-corrected chi connectivity index (χ4v) is 3.30. The van der Waals surface area contributed by atoms with Gasteiger partial charge in [-0.3, -0.25) is 10.1 Å². The lowest BCUT2D eigenvalue weighted by Gasteiger charge is -2.17. The van der Waals surface area contributed by atoms with Crippen molar-refractivity contribution in [1.29, 1.82) is 0 Å². The Kier molecular flexibility index (Phi) is 5.14. The molecule has 148 valence electrons. The number of nitro groups is 1. The second-order valence-corrected chi connectivity index (χ2v) is 6.57. The van der Waals surface area contributed by atoms with E-state index >= 15 is 0 Å². The summed E-state index contributed by atoms with van der Waals surface area (Å²) in [5.41, 5.74) is 1.26. The number of anilines is 1. The van der Waals surface area contributed by atoms with Crippen molar-refractivity contribution in [3.63, 3.8) is 0 Å². The minimum absolute atomic E-state index is 0.101. The molecule has 0 spiro atoms. The molecule has 0 aliphatic carbocycles. The largest absolute Gasteiger partial charge is 0.454 e. The van der Waals surface area contributed by atoms with Gasteiger partial charge in [-0.15, -0.1) is 5.10 Å². The molecule has 0 unspecified atom stereocenters. The fraction of sp³-hybridized carbons (Fsp3) is 0.263. The van der Waals surface area contributed by atoms with Crippen molar-refractivity contribution >= 4 is 17.3 Å². The van der Waals surface area contributed by atoms with Crippen LogP contribution in [0.25, 0.3) is 5.69 Å². The van der Waals surface area contributed by atoms with Crippen molar-refractivity contribution in [2.45, 2.75) is 19.4 Å². The summed E-state index contributed by atoms with van der Waals surface area (Å²) >= 11 is 0. The number of hydrogen-bond donors (Lipinski definition) is 0. The van der Waals surface area contributed by atoms with Crippen LogP contribution >= 0.6 is 0 Å². The number of nitrogens with zero attached hydrogens (tertiary/aromatic N) is 6. The Bertz CT molecular complexity index is 1030. The van der Waals surface area contributed by atoms with E-state index in [2.05, 4.69) is 15.5 Å². The topological polar surface area (TPSA) is 116 Å². The fourth-order valence-electron chi connectivity index (χ4n) is 3.30. The maximum Gasteiger partial charge on any atom is 0.338 e. The quantitative estimate of drug-likeness (QED) is 0.356. The van der Waals surface area contributed by atoms with E-state index in [9.17, 15) is 14.9 Å². The highest BCUT2D eigenvalue weighted by Crippen LogP contribution is 2.31. The molecule has 4 rings (SSSR count). The highest BCUT2D eigenvalue weighted by Gasteiger charge is 2.24. The normalized spacial score (nSPS) is 13.4. The molecule has 2 aromatic carbocycles. The molecule has 0 bridgehead atoms. The second kappa shape index (κ2) is 8.05. The van der Waals surface area contributed by atoms with Crippen LogP contribution in [0.1, 0.15) is 29.0 Å². The number of nitro benzene ring substituents is 1. The van der Waals surface area contributed by atoms with Gasteiger partial charge >= 0.3 is 5.97 Å². The van der Waals surface area contributed by atoms with Gasteiger partial charge in [-0.05, 0) is 47.5 Å². The summed E-state index contributed by atoms with van der Waals surface area (Å²) in [5, 5.41) is 22.9. The average Bonchev–Trinajstić information content (AvgIpc) is 3.44. The summed E-state index contributed by atoms with van der Waals surface area (Å²) in [6, 6.07) is 13.6. The molecule has 1 fully saturated rings. The van der Waals surface area contributed by atoms with Gasteiger partial charge in [0.25, 0.3) is 5.69 Å². The molecule has 29 heavy (non-hydrogen) atoms. The Hall–Kier alpha value is -3.82. The van der Waals surface area contributed by atoms with Crippen molar-refractivity contribution in [3.8, 4) is 5.69 Å². The van der Waals surface area contributed by atoms with Crippen LogP contribution in [-0.4, -0.2) is 44.2 Å². The molecule has 0 N–H and O–H groups in total. The van der Waals surface area contributed by atoms with Gasteiger partial charge in [0, 0.05) is 19.2 Å². The number of carbonyl (C=O) groups is 1. The molecule has 0 saturated carbocycles. The van der Waals surface area contributed by atoms with Crippen LogP contribution in [0, 0.1) is 10.1 Å². The van der Waals surface area contributed by atoms with Crippen molar-refractivity contribution in [2.24, 2.45) is 0 Å². The predicted molar refractivity (Wildman–Crippen MR) is 103 cm³/mol. The van der Waals surface area contributed by atoms with Gasteiger partial charge in [-0.1, -0.05) is 18.2 Å². The lowest BCUT2D eigenvalue weighted by atomic mass is 10.1. The predicted octanol–water partition coefficient (Wildman–Crippen LogP) is 2.53.